The van der Waals surface area contributed by atoms with Gasteiger partial charge in [0, 0.05) is 37.8 Å². The first-order valence-corrected chi connectivity index (χ1v) is 13.5. The minimum Gasteiger partial charge on any atom is -0.481 e. The Labute approximate surface area is 230 Å². The molecule has 3 nitrogen and oxygen atoms in total. The van der Waals surface area contributed by atoms with Crippen molar-refractivity contribution in [3.63, 3.8) is 0 Å². The van der Waals surface area contributed by atoms with Crippen LogP contribution < -0.4 is 10.1 Å². The number of fused-ring (bicyclic) bond motifs is 1. The number of aryl methyl sites for hydroxylation is 1. The molecule has 1 fully saturated rings. The Morgan fingerprint density at radius 2 is 2.03 bits per heavy atom. The molecule has 0 aliphatic carbocycles. The molecule has 0 spiro atoms. The molecule has 5 rings (SSSR count). The maximum absolute atomic E-state index is 13.9. The summed E-state index contributed by atoms with van der Waals surface area (Å²) in [5.74, 6) is 0.260. The van der Waals surface area contributed by atoms with Gasteiger partial charge in [0.15, 0.2) is 0 Å². The molecule has 1 N–H and O–H groups in total. The molecule has 0 saturated carbocycles. The molecule has 3 unspecified atom stereocenters. The summed E-state index contributed by atoms with van der Waals surface area (Å²) >= 11 is 10.1. The Kier molecular flexibility index (Phi) is 7.39. The molecule has 6 heteroatoms. The number of hydrogen-bond acceptors (Lipinski definition) is 3. The molecule has 1 aliphatic heterocycles. The number of ether oxygens (including phenoxy) is 1. The molecule has 1 saturated heterocycles. The lowest BCUT2D eigenvalue weighted by molar-refractivity contribution is 0.194. The average molecular weight is 580 g/mol. The summed E-state index contributed by atoms with van der Waals surface area (Å²) in [5.41, 5.74) is 4.64. The number of nitrogens with one attached hydrogen (secondary N) is 1. The minimum absolute atomic E-state index is 0.0441. The Bertz CT molecular complexity index is 1480. The summed E-state index contributed by atoms with van der Waals surface area (Å²) in [6, 6.07) is 21.3. The Morgan fingerprint density at radius 1 is 1.19 bits per heavy atom. The van der Waals surface area contributed by atoms with Crippen LogP contribution in [0.15, 0.2) is 83.9 Å². The summed E-state index contributed by atoms with van der Waals surface area (Å²) in [4.78, 5) is 4.90. The number of halogens is 3. The average Bonchev–Trinajstić information content (AvgIpc) is 2.88. The molecule has 0 radical (unpaired) electrons. The number of methoxy groups -OCH3 is 1. The molecule has 0 bridgehead atoms. The van der Waals surface area contributed by atoms with Crippen LogP contribution in [0.25, 0.3) is 10.9 Å². The fourth-order valence-corrected chi connectivity index (χ4v) is 6.45. The SMILES string of the molecule is C=CC1(C(c2cccc(Cl)c2)c2cc3cc(Br)ccc3nc2OC)CCNC(c2ccc(F)cc2C)C1. The summed E-state index contributed by atoms with van der Waals surface area (Å²) in [5, 5.41) is 5.37. The van der Waals surface area contributed by atoms with Gasteiger partial charge in [0.05, 0.1) is 12.6 Å². The zero-order valence-electron chi connectivity index (χ0n) is 20.9. The second-order valence-corrected chi connectivity index (χ2v) is 11.2. The minimum atomic E-state index is -0.337. The van der Waals surface area contributed by atoms with Gasteiger partial charge in [-0.25, -0.2) is 9.37 Å². The number of piperidine rings is 1. The maximum Gasteiger partial charge on any atom is 0.217 e. The van der Waals surface area contributed by atoms with Gasteiger partial charge in [0.1, 0.15) is 5.82 Å². The topological polar surface area (TPSA) is 34.1 Å². The van der Waals surface area contributed by atoms with Crippen LogP contribution in [-0.2, 0) is 0 Å². The van der Waals surface area contributed by atoms with Crippen LogP contribution in [-0.4, -0.2) is 18.6 Å². The predicted octanol–water partition coefficient (Wildman–Crippen LogP) is 8.54. The van der Waals surface area contributed by atoms with Gasteiger partial charge < -0.3 is 10.1 Å². The number of pyridine rings is 1. The molecular formula is C31H29BrClFN2O. The molecule has 0 amide bonds. The van der Waals surface area contributed by atoms with E-state index in [1.807, 2.05) is 43.3 Å². The highest BCUT2D eigenvalue weighted by Gasteiger charge is 2.44. The van der Waals surface area contributed by atoms with Crippen molar-refractivity contribution in [3.05, 3.63) is 117 Å². The van der Waals surface area contributed by atoms with E-state index in [0.29, 0.717) is 10.9 Å². The third kappa shape index (κ3) is 5.05. The van der Waals surface area contributed by atoms with Gasteiger partial charge in [0.25, 0.3) is 0 Å². The van der Waals surface area contributed by atoms with Crippen LogP contribution in [0.3, 0.4) is 0 Å². The number of allylic oxidation sites excluding steroid dienone is 1. The molecule has 2 heterocycles. The molecule has 190 valence electrons. The smallest absolute Gasteiger partial charge is 0.217 e. The zero-order chi connectivity index (χ0) is 26.2. The fraction of sp³-hybridized carbons (Fsp3) is 0.258. The van der Waals surface area contributed by atoms with E-state index in [4.69, 9.17) is 21.3 Å². The summed E-state index contributed by atoms with van der Waals surface area (Å²) in [6.45, 7) is 7.11. The van der Waals surface area contributed by atoms with Gasteiger partial charge in [-0.2, -0.15) is 0 Å². The quantitative estimate of drug-likeness (QED) is 0.232. The van der Waals surface area contributed by atoms with E-state index in [-0.39, 0.29) is 23.2 Å². The van der Waals surface area contributed by atoms with Crippen molar-refractivity contribution < 1.29 is 9.13 Å². The van der Waals surface area contributed by atoms with Crippen LogP contribution >= 0.6 is 27.5 Å². The van der Waals surface area contributed by atoms with Crippen molar-refractivity contribution in [2.45, 2.75) is 31.7 Å². The first-order chi connectivity index (χ1) is 17.8. The van der Waals surface area contributed by atoms with E-state index < -0.39 is 0 Å². The van der Waals surface area contributed by atoms with Crippen molar-refractivity contribution in [2.24, 2.45) is 5.41 Å². The van der Waals surface area contributed by atoms with Gasteiger partial charge in [-0.1, -0.05) is 51.8 Å². The molecule has 4 aromatic rings. The molecule has 1 aliphatic rings. The van der Waals surface area contributed by atoms with Crippen LogP contribution in [0.1, 0.15) is 47.1 Å². The lowest BCUT2D eigenvalue weighted by atomic mass is 9.62. The van der Waals surface area contributed by atoms with Gasteiger partial charge >= 0.3 is 0 Å². The first kappa shape index (κ1) is 25.9. The standard InChI is InChI=1S/C31H29BrClFN2O/c1-4-31(12-13-35-28(18-31)25-10-9-24(34)14-19(25)2)29(20-6-5-7-23(33)16-20)26-17-21-15-22(32)8-11-27(21)36-30(26)37-3/h4-11,14-17,28-29,35H,1,12-13,18H2,2-3H3. The summed E-state index contributed by atoms with van der Waals surface area (Å²) in [6.07, 6.45) is 3.74. The molecule has 3 aromatic carbocycles. The third-order valence-corrected chi connectivity index (χ3v) is 8.34. The first-order valence-electron chi connectivity index (χ1n) is 12.4. The molecule has 1 aromatic heterocycles. The largest absolute Gasteiger partial charge is 0.481 e. The summed E-state index contributed by atoms with van der Waals surface area (Å²) < 4.78 is 20.8. The van der Waals surface area contributed by atoms with Crippen LogP contribution in [0.2, 0.25) is 5.02 Å². The number of hydrogen-bond donors (Lipinski definition) is 1. The summed E-state index contributed by atoms with van der Waals surface area (Å²) in [7, 11) is 1.67. The van der Waals surface area contributed by atoms with E-state index in [2.05, 4.69) is 52.1 Å². The predicted molar refractivity (Wildman–Crippen MR) is 153 cm³/mol. The van der Waals surface area contributed by atoms with Crippen molar-refractivity contribution in [1.82, 2.24) is 10.3 Å². The van der Waals surface area contributed by atoms with Crippen LogP contribution in [0.5, 0.6) is 5.88 Å². The molecular weight excluding hydrogens is 551 g/mol. The van der Waals surface area contributed by atoms with E-state index in [0.717, 1.165) is 57.0 Å². The Morgan fingerprint density at radius 3 is 2.76 bits per heavy atom. The zero-order valence-corrected chi connectivity index (χ0v) is 23.2. The van der Waals surface area contributed by atoms with Crippen molar-refractivity contribution in [2.75, 3.05) is 13.7 Å². The molecule has 3 atom stereocenters. The van der Waals surface area contributed by atoms with Crippen molar-refractivity contribution in [3.8, 4) is 5.88 Å². The second kappa shape index (κ2) is 10.6. The van der Waals surface area contributed by atoms with Crippen molar-refractivity contribution >= 4 is 38.4 Å². The van der Waals surface area contributed by atoms with Crippen LogP contribution in [0, 0.1) is 18.2 Å². The van der Waals surface area contributed by atoms with Gasteiger partial charge in [0.2, 0.25) is 5.88 Å². The van der Waals surface area contributed by atoms with Gasteiger partial charge in [-0.15, -0.1) is 6.58 Å². The van der Waals surface area contributed by atoms with Crippen LogP contribution in [0.4, 0.5) is 4.39 Å². The highest BCUT2D eigenvalue weighted by molar-refractivity contribution is 9.10. The van der Waals surface area contributed by atoms with Gasteiger partial charge in [-0.3, -0.25) is 0 Å². The number of benzene rings is 3. The Balaban J connectivity index is 1.71. The monoisotopic (exact) mass is 578 g/mol. The van der Waals surface area contributed by atoms with E-state index in [1.54, 1.807) is 13.2 Å². The maximum atomic E-state index is 13.9. The Hall–Kier alpha value is -2.73. The van der Waals surface area contributed by atoms with E-state index in [1.165, 1.54) is 6.07 Å². The van der Waals surface area contributed by atoms with Crippen molar-refractivity contribution in [1.29, 1.82) is 0 Å². The highest BCUT2D eigenvalue weighted by Crippen LogP contribution is 2.53. The van der Waals surface area contributed by atoms with E-state index >= 15 is 0 Å². The third-order valence-electron chi connectivity index (χ3n) is 7.61. The normalized spacial score (nSPS) is 20.5. The number of nitrogens with zero attached hydrogens (tertiary/aromatic N) is 1. The second-order valence-electron chi connectivity index (χ2n) is 9.81. The number of aromatic nitrogens is 1. The molecule has 37 heavy (non-hydrogen) atoms. The lowest BCUT2D eigenvalue weighted by Gasteiger charge is -2.46. The van der Waals surface area contributed by atoms with Gasteiger partial charge in [-0.05, 0) is 91.5 Å². The lowest BCUT2D eigenvalue weighted by Crippen LogP contribution is -2.42. The number of rotatable bonds is 6. The van der Waals surface area contributed by atoms with E-state index in [9.17, 15) is 4.39 Å². The fourth-order valence-electron chi connectivity index (χ4n) is 5.87. The highest BCUT2D eigenvalue weighted by atomic mass is 79.9.